The van der Waals surface area contributed by atoms with Crippen LogP contribution in [0.5, 0.6) is 0 Å². The topological polar surface area (TPSA) is 105 Å². The summed E-state index contributed by atoms with van der Waals surface area (Å²) in [6, 6.07) is 1.74. The number of thiophene rings is 1. The molecule has 0 aromatic carbocycles. The molecule has 0 aliphatic carbocycles. The average Bonchev–Trinajstić information content (AvgIpc) is 2.95. The molecule has 1 saturated heterocycles. The minimum Gasteiger partial charge on any atom is -0.366 e. The van der Waals surface area contributed by atoms with Gasteiger partial charge in [0, 0.05) is 12.0 Å². The number of nitrogens with two attached hydrogens (primary N) is 1. The van der Waals surface area contributed by atoms with Crippen molar-refractivity contribution in [3.05, 3.63) is 17.0 Å². The summed E-state index contributed by atoms with van der Waals surface area (Å²) in [4.78, 5) is 37.4. The first kappa shape index (κ1) is 18.4. The lowest BCUT2D eigenvalue weighted by atomic mass is 9.95. The molecule has 2 heterocycles. The summed E-state index contributed by atoms with van der Waals surface area (Å²) in [5.41, 5.74) is 5.60. The maximum atomic E-state index is 12.1. The van der Waals surface area contributed by atoms with Crippen LogP contribution in [-0.4, -0.2) is 48.3 Å². The number of piperidine rings is 1. The molecule has 0 radical (unpaired) electrons. The van der Waals surface area contributed by atoms with E-state index in [9.17, 15) is 14.4 Å². The highest BCUT2D eigenvalue weighted by Gasteiger charge is 2.26. The fourth-order valence-corrected chi connectivity index (χ4v) is 3.53. The lowest BCUT2D eigenvalue weighted by molar-refractivity contribution is -0.127. The molecule has 2 rings (SSSR count). The van der Waals surface area contributed by atoms with Gasteiger partial charge in [-0.2, -0.15) is 0 Å². The maximum Gasteiger partial charge on any atom is 0.251 e. The Bertz CT molecular complexity index is 606. The van der Waals surface area contributed by atoms with Gasteiger partial charge in [0.05, 0.1) is 12.1 Å². The highest BCUT2D eigenvalue weighted by atomic mass is 32.1. The molecule has 132 valence electrons. The lowest BCUT2D eigenvalue weighted by Gasteiger charge is -2.31. The zero-order valence-corrected chi connectivity index (χ0v) is 14.8. The number of nitrogens with zero attached hydrogens (tertiary/aromatic N) is 1. The summed E-state index contributed by atoms with van der Waals surface area (Å²) in [5, 5.41) is 7.87. The molecule has 0 saturated carbocycles. The minimum atomic E-state index is -0.552. The molecule has 1 aromatic heterocycles. The Balaban J connectivity index is 1.79. The maximum absolute atomic E-state index is 12.1. The third kappa shape index (κ3) is 5.04. The fourth-order valence-electron chi connectivity index (χ4n) is 2.72. The van der Waals surface area contributed by atoms with Gasteiger partial charge in [-0.25, -0.2) is 0 Å². The quantitative estimate of drug-likeness (QED) is 0.711. The van der Waals surface area contributed by atoms with E-state index in [1.807, 2.05) is 18.7 Å². The first-order valence-electron chi connectivity index (χ1n) is 8.06. The van der Waals surface area contributed by atoms with Crippen LogP contribution in [0.4, 0.5) is 5.00 Å². The van der Waals surface area contributed by atoms with E-state index in [0.29, 0.717) is 23.7 Å². The molecule has 8 heteroatoms. The van der Waals surface area contributed by atoms with E-state index in [1.165, 1.54) is 11.3 Å². The van der Waals surface area contributed by atoms with Crippen LogP contribution in [0.25, 0.3) is 0 Å². The van der Waals surface area contributed by atoms with Crippen molar-refractivity contribution in [3.63, 3.8) is 0 Å². The first-order chi connectivity index (χ1) is 11.4. The molecular formula is C16H24N4O3S. The predicted molar refractivity (Wildman–Crippen MR) is 93.9 cm³/mol. The van der Waals surface area contributed by atoms with Gasteiger partial charge in [0.1, 0.15) is 5.00 Å². The van der Waals surface area contributed by atoms with E-state index in [0.717, 1.165) is 12.8 Å². The molecule has 1 fully saturated rings. The van der Waals surface area contributed by atoms with Crippen LogP contribution in [0.2, 0.25) is 0 Å². The van der Waals surface area contributed by atoms with Gasteiger partial charge < -0.3 is 16.4 Å². The summed E-state index contributed by atoms with van der Waals surface area (Å²) in [7, 11) is 0. The zero-order chi connectivity index (χ0) is 17.7. The molecule has 1 aliphatic rings. The molecule has 0 unspecified atom stereocenters. The van der Waals surface area contributed by atoms with Crippen molar-refractivity contribution in [1.29, 1.82) is 0 Å². The molecule has 0 atom stereocenters. The Hall–Kier alpha value is -1.93. The van der Waals surface area contributed by atoms with Gasteiger partial charge in [-0.3, -0.25) is 19.3 Å². The van der Waals surface area contributed by atoms with Gasteiger partial charge in [0.25, 0.3) is 5.91 Å². The van der Waals surface area contributed by atoms with Gasteiger partial charge in [-0.1, -0.05) is 0 Å². The molecule has 24 heavy (non-hydrogen) atoms. The van der Waals surface area contributed by atoms with E-state index >= 15 is 0 Å². The number of hydrogen-bond acceptors (Lipinski definition) is 5. The smallest absolute Gasteiger partial charge is 0.251 e. The summed E-state index contributed by atoms with van der Waals surface area (Å²) < 4.78 is 0. The molecule has 7 nitrogen and oxygen atoms in total. The normalized spacial score (nSPS) is 16.1. The number of carbonyl (C=O) groups excluding carboxylic acids is 3. The molecule has 1 aromatic rings. The lowest BCUT2D eigenvalue weighted by Crippen LogP contribution is -2.44. The number of amides is 3. The first-order valence-corrected chi connectivity index (χ1v) is 8.94. The average molecular weight is 352 g/mol. The van der Waals surface area contributed by atoms with Crippen molar-refractivity contribution in [1.82, 2.24) is 10.2 Å². The highest BCUT2D eigenvalue weighted by molar-refractivity contribution is 7.14. The fraction of sp³-hybridized carbons (Fsp3) is 0.562. The van der Waals surface area contributed by atoms with Crippen LogP contribution < -0.4 is 16.4 Å². The van der Waals surface area contributed by atoms with Gasteiger partial charge in [-0.05, 0) is 51.2 Å². The zero-order valence-electron chi connectivity index (χ0n) is 14.0. The summed E-state index contributed by atoms with van der Waals surface area (Å²) in [6.45, 7) is 5.55. The van der Waals surface area contributed by atoms with E-state index in [2.05, 4.69) is 10.6 Å². The van der Waals surface area contributed by atoms with Gasteiger partial charge in [0.2, 0.25) is 11.8 Å². The second kappa shape index (κ2) is 8.25. The SMILES string of the molecule is CC(C)NC(=O)C1CCN(CC(=O)Nc2sccc2C(N)=O)CC1. The summed E-state index contributed by atoms with van der Waals surface area (Å²) >= 11 is 1.27. The molecule has 0 bridgehead atoms. The highest BCUT2D eigenvalue weighted by Crippen LogP contribution is 2.23. The van der Waals surface area contributed by atoms with Crippen LogP contribution in [0, 0.1) is 5.92 Å². The van der Waals surface area contributed by atoms with Crippen LogP contribution in [0.15, 0.2) is 11.4 Å². The Morgan fingerprint density at radius 1 is 1.33 bits per heavy atom. The van der Waals surface area contributed by atoms with Crippen molar-refractivity contribution in [2.75, 3.05) is 25.0 Å². The number of primary amides is 1. The van der Waals surface area contributed by atoms with Crippen LogP contribution in [0.3, 0.4) is 0 Å². The predicted octanol–water partition coefficient (Wildman–Crippen LogP) is 1.02. The number of carbonyl (C=O) groups is 3. The Morgan fingerprint density at radius 2 is 2.00 bits per heavy atom. The van der Waals surface area contributed by atoms with E-state index in [4.69, 9.17) is 5.73 Å². The Morgan fingerprint density at radius 3 is 2.58 bits per heavy atom. The molecule has 1 aliphatic heterocycles. The minimum absolute atomic E-state index is 0.0190. The molecule has 4 N–H and O–H groups in total. The molecule has 3 amide bonds. The van der Waals surface area contributed by atoms with Gasteiger partial charge in [-0.15, -0.1) is 11.3 Å². The number of likely N-dealkylation sites (tertiary alicyclic amines) is 1. The largest absolute Gasteiger partial charge is 0.366 e. The van der Waals surface area contributed by atoms with Crippen LogP contribution >= 0.6 is 11.3 Å². The number of anilines is 1. The second-order valence-electron chi connectivity index (χ2n) is 6.29. The van der Waals surface area contributed by atoms with E-state index < -0.39 is 5.91 Å². The van der Waals surface area contributed by atoms with Crippen LogP contribution in [-0.2, 0) is 9.59 Å². The third-order valence-electron chi connectivity index (χ3n) is 3.94. The number of rotatable bonds is 6. The van der Waals surface area contributed by atoms with Gasteiger partial charge in [0.15, 0.2) is 0 Å². The molecular weight excluding hydrogens is 328 g/mol. The van der Waals surface area contributed by atoms with Crippen molar-refractivity contribution < 1.29 is 14.4 Å². The molecule has 0 spiro atoms. The van der Waals surface area contributed by atoms with Gasteiger partial charge >= 0.3 is 0 Å². The number of hydrogen-bond donors (Lipinski definition) is 3. The third-order valence-corrected chi connectivity index (χ3v) is 4.77. The number of nitrogens with one attached hydrogen (secondary N) is 2. The van der Waals surface area contributed by atoms with Crippen molar-refractivity contribution in [3.8, 4) is 0 Å². The van der Waals surface area contributed by atoms with E-state index in [1.54, 1.807) is 11.4 Å². The Labute approximate surface area is 145 Å². The Kier molecular flexibility index (Phi) is 6.33. The standard InChI is InChI=1S/C16H24N4O3S/c1-10(2)18-15(23)11-3-6-20(7-4-11)9-13(21)19-16-12(14(17)22)5-8-24-16/h5,8,10-11H,3-4,6-7,9H2,1-2H3,(H2,17,22)(H,18,23)(H,19,21). The monoisotopic (exact) mass is 352 g/mol. The second-order valence-corrected chi connectivity index (χ2v) is 7.21. The van der Waals surface area contributed by atoms with E-state index in [-0.39, 0.29) is 30.3 Å². The summed E-state index contributed by atoms with van der Waals surface area (Å²) in [6.07, 6.45) is 1.49. The van der Waals surface area contributed by atoms with Crippen molar-refractivity contribution in [2.45, 2.75) is 32.7 Å². The summed E-state index contributed by atoms with van der Waals surface area (Å²) in [5.74, 6) is -0.613. The van der Waals surface area contributed by atoms with Crippen molar-refractivity contribution >= 4 is 34.1 Å². The van der Waals surface area contributed by atoms with Crippen molar-refractivity contribution in [2.24, 2.45) is 11.7 Å². The van der Waals surface area contributed by atoms with Crippen LogP contribution in [0.1, 0.15) is 37.0 Å².